The fraction of sp³-hybridized carbons (Fsp3) is 0.545. The number of anilines is 2. The van der Waals surface area contributed by atoms with Crippen molar-refractivity contribution in [2.24, 2.45) is 11.8 Å². The van der Waals surface area contributed by atoms with E-state index in [1.165, 1.54) is 23.8 Å². The first-order chi connectivity index (χ1) is 10.2. The van der Waals surface area contributed by atoms with Gasteiger partial charge in [0.05, 0.1) is 0 Å². The van der Waals surface area contributed by atoms with E-state index in [0.717, 1.165) is 19.6 Å². The molecule has 3 heterocycles. The lowest BCUT2D eigenvalue weighted by Gasteiger charge is -2.12. The molecule has 21 heavy (non-hydrogen) atoms. The van der Waals surface area contributed by atoms with Crippen LogP contribution in [0.3, 0.4) is 0 Å². The van der Waals surface area contributed by atoms with E-state index in [0.29, 0.717) is 17.8 Å². The van der Waals surface area contributed by atoms with Crippen molar-refractivity contribution < 1.29 is 0 Å². The number of hydrazine groups is 1. The minimum atomic E-state index is 0.279. The Bertz CT molecular complexity index is 583. The average Bonchev–Trinajstić information content (AvgIpc) is 3.16. The molecule has 1 aliphatic heterocycles. The average molecular weight is 290 g/mol. The number of rotatable bonds is 5. The van der Waals surface area contributed by atoms with Crippen LogP contribution in [0.25, 0.3) is 5.95 Å². The van der Waals surface area contributed by atoms with Gasteiger partial charge in [-0.25, -0.2) is 10.8 Å². The van der Waals surface area contributed by atoms with Gasteiger partial charge in [0, 0.05) is 13.1 Å². The molecule has 112 valence electrons. The minimum Gasteiger partial charge on any atom is -0.354 e. The summed E-state index contributed by atoms with van der Waals surface area (Å²) >= 11 is 0. The van der Waals surface area contributed by atoms with Crippen molar-refractivity contribution in [2.75, 3.05) is 37.4 Å². The summed E-state index contributed by atoms with van der Waals surface area (Å²) in [5.41, 5.74) is 2.43. The number of nitrogen functional groups attached to an aromatic ring is 1. The highest BCUT2D eigenvalue weighted by molar-refractivity contribution is 5.36. The molecule has 10 nitrogen and oxygen atoms in total. The topological polar surface area (TPSA) is 123 Å². The van der Waals surface area contributed by atoms with Crippen LogP contribution >= 0.6 is 0 Å². The summed E-state index contributed by atoms with van der Waals surface area (Å²) in [5, 5.41) is 7.24. The first-order valence-corrected chi connectivity index (χ1v) is 6.74. The zero-order valence-electron chi connectivity index (χ0n) is 11.8. The fourth-order valence-corrected chi connectivity index (χ4v) is 2.35. The first-order valence-electron chi connectivity index (χ1n) is 6.74. The van der Waals surface area contributed by atoms with Crippen LogP contribution in [-0.2, 0) is 0 Å². The van der Waals surface area contributed by atoms with Gasteiger partial charge < -0.3 is 10.2 Å². The third-order valence-electron chi connectivity index (χ3n) is 3.41. The molecule has 0 aliphatic carbocycles. The number of likely N-dealkylation sites (tertiary alicyclic amines) is 1. The van der Waals surface area contributed by atoms with Gasteiger partial charge in [-0.15, -0.1) is 0 Å². The predicted octanol–water partition coefficient (Wildman–Crippen LogP) is -0.898. The molecule has 0 amide bonds. The SMILES string of the molecule is CN1CCC(CNc2nc(NN)nc(-n3cncn3)n2)C1. The Balaban J connectivity index is 1.73. The lowest BCUT2D eigenvalue weighted by Crippen LogP contribution is -2.21. The highest BCUT2D eigenvalue weighted by Gasteiger charge is 2.19. The molecule has 0 bridgehead atoms. The molecule has 3 rings (SSSR count). The molecule has 0 saturated carbocycles. The van der Waals surface area contributed by atoms with Gasteiger partial charge in [0.25, 0.3) is 5.95 Å². The number of hydrogen-bond acceptors (Lipinski definition) is 9. The van der Waals surface area contributed by atoms with Crippen molar-refractivity contribution in [2.45, 2.75) is 6.42 Å². The Hall–Kier alpha value is -2.33. The number of nitrogens with two attached hydrogens (primary N) is 1. The summed E-state index contributed by atoms with van der Waals surface area (Å²) in [6, 6.07) is 0. The van der Waals surface area contributed by atoms with E-state index in [2.05, 4.69) is 47.7 Å². The van der Waals surface area contributed by atoms with Gasteiger partial charge >= 0.3 is 0 Å². The van der Waals surface area contributed by atoms with E-state index in [1.54, 1.807) is 0 Å². The minimum absolute atomic E-state index is 0.279. The van der Waals surface area contributed by atoms with Crippen LogP contribution < -0.4 is 16.6 Å². The molecule has 1 atom stereocenters. The number of hydrogen-bond donors (Lipinski definition) is 3. The van der Waals surface area contributed by atoms with Gasteiger partial charge in [-0.05, 0) is 25.9 Å². The molecule has 10 heteroatoms. The summed E-state index contributed by atoms with van der Waals surface area (Å²) < 4.78 is 1.46. The van der Waals surface area contributed by atoms with Gasteiger partial charge in [0.15, 0.2) is 0 Å². The van der Waals surface area contributed by atoms with Gasteiger partial charge in [-0.1, -0.05) is 0 Å². The molecule has 1 saturated heterocycles. The Labute approximate surface area is 121 Å². The second-order valence-electron chi connectivity index (χ2n) is 5.06. The maximum atomic E-state index is 5.39. The van der Waals surface area contributed by atoms with Crippen LogP contribution in [0.15, 0.2) is 12.7 Å². The maximum Gasteiger partial charge on any atom is 0.258 e. The van der Waals surface area contributed by atoms with Crippen molar-refractivity contribution >= 4 is 11.9 Å². The zero-order chi connectivity index (χ0) is 14.7. The van der Waals surface area contributed by atoms with Gasteiger partial charge in [0.1, 0.15) is 12.7 Å². The molecule has 1 fully saturated rings. The highest BCUT2D eigenvalue weighted by atomic mass is 15.4. The van der Waals surface area contributed by atoms with Crippen molar-refractivity contribution in [1.82, 2.24) is 34.6 Å². The molecule has 4 N–H and O–H groups in total. The quantitative estimate of drug-likeness (QED) is 0.475. The molecule has 1 unspecified atom stereocenters. The number of nitrogens with one attached hydrogen (secondary N) is 2. The second-order valence-corrected chi connectivity index (χ2v) is 5.06. The lowest BCUT2D eigenvalue weighted by molar-refractivity contribution is 0.399. The lowest BCUT2D eigenvalue weighted by atomic mass is 10.1. The van der Waals surface area contributed by atoms with Crippen LogP contribution in [0, 0.1) is 5.92 Å². The van der Waals surface area contributed by atoms with Crippen LogP contribution in [0.2, 0.25) is 0 Å². The highest BCUT2D eigenvalue weighted by Crippen LogP contribution is 2.15. The van der Waals surface area contributed by atoms with Crippen LogP contribution in [-0.4, -0.2) is 61.3 Å². The van der Waals surface area contributed by atoms with Gasteiger partial charge in [-0.2, -0.15) is 24.7 Å². The van der Waals surface area contributed by atoms with E-state index in [1.807, 2.05) is 0 Å². The van der Waals surface area contributed by atoms with Crippen molar-refractivity contribution in [1.29, 1.82) is 0 Å². The maximum absolute atomic E-state index is 5.39. The summed E-state index contributed by atoms with van der Waals surface area (Å²) in [7, 11) is 2.13. The first kappa shape index (κ1) is 13.6. The molecular weight excluding hydrogens is 272 g/mol. The molecule has 0 radical (unpaired) electrons. The van der Waals surface area contributed by atoms with Crippen molar-refractivity contribution in [3.8, 4) is 5.95 Å². The number of aromatic nitrogens is 6. The molecule has 2 aromatic rings. The molecule has 2 aromatic heterocycles. The summed E-state index contributed by atoms with van der Waals surface area (Å²) in [6.07, 6.45) is 4.11. The van der Waals surface area contributed by atoms with Crippen LogP contribution in [0.4, 0.5) is 11.9 Å². The van der Waals surface area contributed by atoms with Gasteiger partial charge in [-0.3, -0.25) is 5.43 Å². The Morgan fingerprint density at radius 2 is 2.19 bits per heavy atom. The Morgan fingerprint density at radius 3 is 2.86 bits per heavy atom. The zero-order valence-corrected chi connectivity index (χ0v) is 11.8. The molecule has 1 aliphatic rings. The monoisotopic (exact) mass is 290 g/mol. The van der Waals surface area contributed by atoms with E-state index in [-0.39, 0.29) is 5.95 Å². The van der Waals surface area contributed by atoms with E-state index in [9.17, 15) is 0 Å². The Morgan fingerprint density at radius 1 is 1.33 bits per heavy atom. The fourth-order valence-electron chi connectivity index (χ4n) is 2.35. The van der Waals surface area contributed by atoms with Crippen molar-refractivity contribution in [3.05, 3.63) is 12.7 Å². The largest absolute Gasteiger partial charge is 0.354 e. The van der Waals surface area contributed by atoms with Crippen LogP contribution in [0.1, 0.15) is 6.42 Å². The summed E-state index contributed by atoms with van der Waals surface area (Å²) in [4.78, 5) is 18.8. The second kappa shape index (κ2) is 5.97. The molecular formula is C11H18N10. The standard InChI is InChI=1S/C11H18N10/c1-20-3-2-8(5-20)4-14-9-16-10(19-12)18-11(17-9)21-7-13-6-15-21/h6-8H,2-5,12H2,1H3,(H2,14,16,17,18,19). The van der Waals surface area contributed by atoms with Crippen LogP contribution in [0.5, 0.6) is 0 Å². The predicted molar refractivity (Wildman–Crippen MR) is 76.6 cm³/mol. The third-order valence-corrected chi connectivity index (χ3v) is 3.41. The molecule has 0 spiro atoms. The smallest absolute Gasteiger partial charge is 0.258 e. The summed E-state index contributed by atoms with van der Waals surface area (Å²) in [6.45, 7) is 3.02. The molecule has 0 aromatic carbocycles. The normalized spacial score (nSPS) is 18.9. The van der Waals surface area contributed by atoms with E-state index >= 15 is 0 Å². The third kappa shape index (κ3) is 3.23. The summed E-state index contributed by atoms with van der Waals surface area (Å²) in [5.74, 6) is 7.10. The number of nitrogens with zero attached hydrogens (tertiary/aromatic N) is 7. The van der Waals surface area contributed by atoms with E-state index < -0.39 is 0 Å². The van der Waals surface area contributed by atoms with Gasteiger partial charge in [0.2, 0.25) is 11.9 Å². The van der Waals surface area contributed by atoms with E-state index in [4.69, 9.17) is 5.84 Å². The Kier molecular flexibility index (Phi) is 3.88. The van der Waals surface area contributed by atoms with Crippen molar-refractivity contribution in [3.63, 3.8) is 0 Å².